The number of piperazine rings is 1. The van der Waals surface area contributed by atoms with Crippen molar-refractivity contribution >= 4 is 51.9 Å². The number of hydrogen-bond donors (Lipinski definition) is 2. The number of alkyl halides is 3. The van der Waals surface area contributed by atoms with Crippen LogP contribution in [-0.4, -0.2) is 77.1 Å². The minimum atomic E-state index is -4.63. The molecule has 2 amide bonds. The summed E-state index contributed by atoms with van der Waals surface area (Å²) in [6.45, 7) is 5.43. The fourth-order valence-electron chi connectivity index (χ4n) is 5.77. The summed E-state index contributed by atoms with van der Waals surface area (Å²) in [7, 11) is 0. The summed E-state index contributed by atoms with van der Waals surface area (Å²) >= 11 is 7.37. The first-order valence-electron chi connectivity index (χ1n) is 15.5. The number of thiophene rings is 1. The number of nitrogens with one attached hydrogen (secondary N) is 1. The van der Waals surface area contributed by atoms with Crippen molar-refractivity contribution in [2.75, 3.05) is 36.4 Å². The van der Waals surface area contributed by atoms with Gasteiger partial charge in [-0.3, -0.25) is 14.4 Å². The van der Waals surface area contributed by atoms with Crippen molar-refractivity contribution in [3.05, 3.63) is 79.1 Å². The lowest BCUT2D eigenvalue weighted by Gasteiger charge is -2.36. The molecular weight excluding hydrogens is 713 g/mol. The molecule has 51 heavy (non-hydrogen) atoms. The molecule has 0 atom stereocenters. The number of aromatic nitrogens is 6. The van der Waals surface area contributed by atoms with Crippen molar-refractivity contribution in [1.82, 2.24) is 34.0 Å². The average molecular weight is 741 g/mol. The van der Waals surface area contributed by atoms with Crippen molar-refractivity contribution < 1.29 is 27.9 Å². The largest absolute Gasteiger partial charge is 0.504 e. The zero-order valence-electron chi connectivity index (χ0n) is 27.2. The van der Waals surface area contributed by atoms with Gasteiger partial charge in [-0.2, -0.15) is 27.9 Å². The van der Waals surface area contributed by atoms with E-state index in [2.05, 4.69) is 31.4 Å². The van der Waals surface area contributed by atoms with Gasteiger partial charge in [0.05, 0.1) is 38.1 Å². The monoisotopic (exact) mass is 740 g/mol. The summed E-state index contributed by atoms with van der Waals surface area (Å²) in [6, 6.07) is 6.28. The number of hydrogen-bond acceptors (Lipinski definition) is 11. The van der Waals surface area contributed by atoms with Gasteiger partial charge in [0.25, 0.3) is 11.5 Å². The zero-order valence-corrected chi connectivity index (χ0v) is 28.8. The lowest BCUT2D eigenvalue weighted by Crippen LogP contribution is -2.51. The first-order chi connectivity index (χ1) is 24.2. The normalized spacial score (nSPS) is 13.5. The summed E-state index contributed by atoms with van der Waals surface area (Å²) in [4.78, 5) is 57.9. The topological polar surface area (TPSA) is 175 Å². The lowest BCUT2D eigenvalue weighted by atomic mass is 10.2. The Morgan fingerprint density at radius 1 is 1.14 bits per heavy atom. The van der Waals surface area contributed by atoms with Crippen molar-refractivity contribution in [2.45, 2.75) is 39.9 Å². The Bertz CT molecular complexity index is 2310. The maximum atomic E-state index is 14.2. The lowest BCUT2D eigenvalue weighted by molar-refractivity contribution is -0.137. The number of aromatic hydroxyl groups is 1. The van der Waals surface area contributed by atoms with E-state index in [0.717, 1.165) is 21.5 Å². The van der Waals surface area contributed by atoms with Crippen LogP contribution in [0.2, 0.25) is 5.02 Å². The molecule has 19 heteroatoms. The number of rotatable bonds is 7. The van der Waals surface area contributed by atoms with E-state index >= 15 is 0 Å². The van der Waals surface area contributed by atoms with E-state index in [9.17, 15) is 37.9 Å². The van der Waals surface area contributed by atoms with Crippen LogP contribution in [0.5, 0.6) is 5.75 Å². The minimum Gasteiger partial charge on any atom is -0.504 e. The van der Waals surface area contributed by atoms with Crippen molar-refractivity contribution in [2.24, 2.45) is 0 Å². The van der Waals surface area contributed by atoms with Crippen LogP contribution in [0.4, 0.5) is 24.5 Å². The highest BCUT2D eigenvalue weighted by Gasteiger charge is 2.32. The quantitative estimate of drug-likeness (QED) is 0.243. The fourth-order valence-corrected chi connectivity index (χ4v) is 6.90. The van der Waals surface area contributed by atoms with E-state index in [0.29, 0.717) is 22.2 Å². The Kier molecular flexibility index (Phi) is 9.44. The van der Waals surface area contributed by atoms with Crippen LogP contribution in [0.3, 0.4) is 0 Å². The predicted molar refractivity (Wildman–Crippen MR) is 181 cm³/mol. The van der Waals surface area contributed by atoms with Crippen molar-refractivity contribution in [3.8, 4) is 22.5 Å². The molecule has 0 aliphatic carbocycles. The maximum Gasteiger partial charge on any atom is 0.416 e. The van der Waals surface area contributed by atoms with Gasteiger partial charge in [-0.1, -0.05) is 18.5 Å². The number of nitriles is 1. The van der Waals surface area contributed by atoms with Gasteiger partial charge in [0.2, 0.25) is 11.7 Å². The van der Waals surface area contributed by atoms with E-state index in [-0.39, 0.29) is 77.7 Å². The second kappa shape index (κ2) is 13.6. The van der Waals surface area contributed by atoms with Gasteiger partial charge < -0.3 is 24.8 Å². The maximum absolute atomic E-state index is 14.2. The van der Waals surface area contributed by atoms with Crippen LogP contribution >= 0.6 is 22.9 Å². The van der Waals surface area contributed by atoms with Crippen molar-refractivity contribution in [3.63, 3.8) is 0 Å². The molecule has 264 valence electrons. The Balaban J connectivity index is 1.38. The van der Waals surface area contributed by atoms with Crippen LogP contribution in [0.25, 0.3) is 16.5 Å². The molecule has 0 bridgehead atoms. The van der Waals surface area contributed by atoms with Gasteiger partial charge in [-0.25, -0.2) is 9.97 Å². The van der Waals surface area contributed by atoms with Gasteiger partial charge in [0, 0.05) is 31.1 Å². The highest BCUT2D eigenvalue weighted by atomic mass is 35.5. The molecular formula is C32H28ClF3N10O4S. The first kappa shape index (κ1) is 35.3. The number of carbonyl (C=O) groups is 2. The summed E-state index contributed by atoms with van der Waals surface area (Å²) < 4.78 is 42.2. The number of halogens is 4. The Morgan fingerprint density at radius 3 is 2.49 bits per heavy atom. The van der Waals surface area contributed by atoms with E-state index in [1.807, 2.05) is 0 Å². The molecule has 1 saturated heterocycles. The number of nitrogens with zero attached hydrogens (tertiary/aromatic N) is 9. The highest BCUT2D eigenvalue weighted by molar-refractivity contribution is 7.15. The molecule has 2 N–H and O–H groups in total. The summed E-state index contributed by atoms with van der Waals surface area (Å²) in [6.07, 6.45) is -3.19. The summed E-state index contributed by atoms with van der Waals surface area (Å²) in [5.41, 5.74) is -0.367. The van der Waals surface area contributed by atoms with Crippen LogP contribution in [0, 0.1) is 25.2 Å². The molecule has 0 radical (unpaired) electrons. The molecule has 0 unspecified atom stereocenters. The number of anilines is 2. The van der Waals surface area contributed by atoms with Gasteiger partial charge in [-0.15, -0.1) is 16.4 Å². The van der Waals surface area contributed by atoms with Crippen LogP contribution in [-0.2, 0) is 23.9 Å². The third-order valence-electron chi connectivity index (χ3n) is 8.38. The Hall–Kier alpha value is -5.54. The summed E-state index contributed by atoms with van der Waals surface area (Å²) in [5, 5.41) is 26.6. The standard InChI is InChI=1S/C32H28ClF3N10O4S/c1-4-22-26(43-7-9-44(10-8-43)29(49)25-27(48)16(2)38-15-39-25)30(50)46-31(41-28(42-46)23-11-18(13-37)17(3)51-23)45(22)14-24(47)40-21-6-5-19(12-20(21)33)32(34,35)36/h5-6,11-12,15,48H,4,7-10,14H2,1-3H3,(H,40,47). The molecule has 1 aliphatic heterocycles. The van der Waals surface area contributed by atoms with Gasteiger partial charge >= 0.3 is 6.18 Å². The smallest absolute Gasteiger partial charge is 0.416 e. The predicted octanol–water partition coefficient (Wildman–Crippen LogP) is 4.44. The van der Waals surface area contributed by atoms with E-state index in [4.69, 9.17) is 11.6 Å². The van der Waals surface area contributed by atoms with Crippen LogP contribution < -0.4 is 15.8 Å². The molecule has 1 aromatic carbocycles. The minimum absolute atomic E-state index is 0.0252. The van der Waals surface area contributed by atoms with E-state index in [1.54, 1.807) is 31.7 Å². The first-order valence-corrected chi connectivity index (χ1v) is 16.7. The molecule has 5 aromatic rings. The number of amides is 2. The number of benzene rings is 1. The molecule has 1 aliphatic rings. The highest BCUT2D eigenvalue weighted by Crippen LogP contribution is 2.34. The zero-order chi connectivity index (χ0) is 36.8. The van der Waals surface area contributed by atoms with E-state index < -0.39 is 35.7 Å². The Labute approximate surface area is 296 Å². The van der Waals surface area contributed by atoms with E-state index in [1.165, 1.54) is 27.1 Å². The molecule has 4 aromatic heterocycles. The van der Waals surface area contributed by atoms with Gasteiger partial charge in [0.15, 0.2) is 17.3 Å². The number of fused-ring (bicyclic) bond motifs is 1. The Morgan fingerprint density at radius 2 is 1.86 bits per heavy atom. The second-order valence-electron chi connectivity index (χ2n) is 11.6. The molecule has 14 nitrogen and oxygen atoms in total. The third kappa shape index (κ3) is 6.69. The summed E-state index contributed by atoms with van der Waals surface area (Å²) in [5.74, 6) is -1.30. The number of carbonyl (C=O) groups excluding carboxylic acids is 2. The number of aryl methyl sites for hydroxylation is 2. The molecule has 5 heterocycles. The molecule has 6 rings (SSSR count). The average Bonchev–Trinajstić information content (AvgIpc) is 3.71. The van der Waals surface area contributed by atoms with Gasteiger partial charge in [-0.05, 0) is 44.5 Å². The van der Waals surface area contributed by atoms with Gasteiger partial charge in [0.1, 0.15) is 24.6 Å². The molecule has 1 fully saturated rings. The fraction of sp³-hybridized carbons (Fsp3) is 0.312. The molecule has 0 saturated carbocycles. The van der Waals surface area contributed by atoms with Crippen molar-refractivity contribution in [1.29, 1.82) is 5.26 Å². The second-order valence-corrected chi connectivity index (χ2v) is 13.2. The SMILES string of the molecule is CCc1c(N2CCN(C(=O)c3ncnc(C)c3O)CC2)c(=O)n2nc(-c3cc(C#N)c(C)s3)nc2n1CC(=O)Nc1ccc(C(F)(F)F)cc1Cl. The molecule has 0 spiro atoms. The van der Waals surface area contributed by atoms with Crippen LogP contribution in [0.15, 0.2) is 35.4 Å². The third-order valence-corrected chi connectivity index (χ3v) is 9.74. The van der Waals surface area contributed by atoms with Crippen LogP contribution in [0.1, 0.15) is 44.8 Å².